The second-order valence-electron chi connectivity index (χ2n) is 4.45. The van der Waals surface area contributed by atoms with Gasteiger partial charge in [0.1, 0.15) is 5.76 Å². The van der Waals surface area contributed by atoms with E-state index in [9.17, 15) is 9.59 Å². The van der Waals surface area contributed by atoms with Gasteiger partial charge in [-0.3, -0.25) is 4.79 Å². The highest BCUT2D eigenvalue weighted by Gasteiger charge is 2.06. The summed E-state index contributed by atoms with van der Waals surface area (Å²) in [5, 5.41) is 3.19. The average Bonchev–Trinajstić information content (AvgIpc) is 2.95. The fraction of sp³-hybridized carbons (Fsp3) is 0.125. The van der Waals surface area contributed by atoms with Crippen molar-refractivity contribution in [1.82, 2.24) is 5.32 Å². The Morgan fingerprint density at radius 3 is 2.74 bits per heavy atom. The van der Waals surface area contributed by atoms with Crippen LogP contribution in [-0.2, 0) is 20.9 Å². The highest BCUT2D eigenvalue weighted by Crippen LogP contribution is 2.15. The van der Waals surface area contributed by atoms with Gasteiger partial charge in [0.2, 0.25) is 0 Å². The van der Waals surface area contributed by atoms with Crippen LogP contribution in [0.15, 0.2) is 51.6 Å². The largest absolute Gasteiger partial charge is 0.452 e. The van der Waals surface area contributed by atoms with Crippen LogP contribution in [0.4, 0.5) is 0 Å². The standard InChI is InChI=1S/C16H13BrClNO4/c17-14-7-5-12(23-14)6-8-16(21)22-10-15(20)19-9-11-3-1-2-4-13(11)18/h1-8H,9-10H2,(H,19,20)/b8-6+. The number of halogens is 2. The zero-order valence-electron chi connectivity index (χ0n) is 11.9. The van der Waals surface area contributed by atoms with Crippen LogP contribution >= 0.6 is 27.5 Å². The van der Waals surface area contributed by atoms with Gasteiger partial charge < -0.3 is 14.5 Å². The second-order valence-corrected chi connectivity index (χ2v) is 5.64. The normalized spacial score (nSPS) is 10.7. The molecule has 7 heteroatoms. The summed E-state index contributed by atoms with van der Waals surface area (Å²) < 4.78 is 10.6. The molecule has 1 aromatic heterocycles. The molecule has 0 unspecified atom stereocenters. The summed E-state index contributed by atoms with van der Waals surface area (Å²) in [6, 6.07) is 10.6. The molecule has 0 saturated heterocycles. The predicted octanol–water partition coefficient (Wildman–Crippen LogP) is 3.57. The molecule has 0 aliphatic carbocycles. The summed E-state index contributed by atoms with van der Waals surface area (Å²) in [4.78, 5) is 23.1. The summed E-state index contributed by atoms with van der Waals surface area (Å²) >= 11 is 9.13. The first-order chi connectivity index (χ1) is 11.0. The highest BCUT2D eigenvalue weighted by molar-refractivity contribution is 9.10. The Morgan fingerprint density at radius 2 is 2.04 bits per heavy atom. The first-order valence-electron chi connectivity index (χ1n) is 6.65. The molecule has 0 radical (unpaired) electrons. The zero-order chi connectivity index (χ0) is 16.7. The molecular formula is C16H13BrClNO4. The van der Waals surface area contributed by atoms with Crippen LogP contribution < -0.4 is 5.32 Å². The molecule has 0 spiro atoms. The molecule has 1 aromatic carbocycles. The van der Waals surface area contributed by atoms with Crippen molar-refractivity contribution in [2.45, 2.75) is 6.54 Å². The van der Waals surface area contributed by atoms with Gasteiger partial charge >= 0.3 is 5.97 Å². The lowest BCUT2D eigenvalue weighted by Gasteiger charge is -2.06. The van der Waals surface area contributed by atoms with Crippen LogP contribution in [0, 0.1) is 0 Å². The number of ether oxygens (including phenoxy) is 1. The van der Waals surface area contributed by atoms with Crippen molar-refractivity contribution in [1.29, 1.82) is 0 Å². The molecule has 0 aliphatic rings. The molecule has 1 heterocycles. The summed E-state index contributed by atoms with van der Waals surface area (Å²) in [7, 11) is 0. The van der Waals surface area contributed by atoms with Crippen molar-refractivity contribution in [2.24, 2.45) is 0 Å². The van der Waals surface area contributed by atoms with Crippen molar-refractivity contribution in [3.8, 4) is 0 Å². The Hall–Kier alpha value is -2.05. The molecule has 5 nitrogen and oxygen atoms in total. The van der Waals surface area contributed by atoms with Crippen molar-refractivity contribution in [3.63, 3.8) is 0 Å². The zero-order valence-corrected chi connectivity index (χ0v) is 14.3. The fourth-order valence-electron chi connectivity index (χ4n) is 1.64. The molecule has 2 aromatic rings. The molecule has 0 atom stereocenters. The molecule has 1 amide bonds. The summed E-state index contributed by atoms with van der Waals surface area (Å²) in [6.45, 7) is -0.0954. The molecule has 0 aliphatic heterocycles. The minimum Gasteiger partial charge on any atom is -0.452 e. The monoisotopic (exact) mass is 397 g/mol. The Balaban J connectivity index is 1.72. The first kappa shape index (κ1) is 17.3. The second kappa shape index (κ2) is 8.55. The van der Waals surface area contributed by atoms with Crippen LogP contribution in [-0.4, -0.2) is 18.5 Å². The number of rotatable bonds is 6. The van der Waals surface area contributed by atoms with Crippen molar-refractivity contribution < 1.29 is 18.7 Å². The third-order valence-corrected chi connectivity index (χ3v) is 3.55. The van der Waals surface area contributed by atoms with E-state index in [1.54, 1.807) is 30.3 Å². The molecule has 23 heavy (non-hydrogen) atoms. The third kappa shape index (κ3) is 5.92. The van der Waals surface area contributed by atoms with Gasteiger partial charge in [-0.1, -0.05) is 29.8 Å². The first-order valence-corrected chi connectivity index (χ1v) is 7.82. The molecule has 120 valence electrons. The predicted molar refractivity (Wildman–Crippen MR) is 89.7 cm³/mol. The number of furan rings is 1. The molecule has 1 N–H and O–H groups in total. The van der Waals surface area contributed by atoms with Gasteiger partial charge in [-0.25, -0.2) is 4.79 Å². The molecular weight excluding hydrogens is 386 g/mol. The lowest BCUT2D eigenvalue weighted by Crippen LogP contribution is -2.28. The number of carbonyl (C=O) groups is 2. The van der Waals surface area contributed by atoms with Crippen LogP contribution in [0.2, 0.25) is 5.02 Å². The summed E-state index contributed by atoms with van der Waals surface area (Å²) in [5.74, 6) is -0.546. The Labute approximate surface area is 146 Å². The minimum atomic E-state index is -0.634. The van der Waals surface area contributed by atoms with E-state index in [1.807, 2.05) is 6.07 Å². The summed E-state index contributed by atoms with van der Waals surface area (Å²) in [5.41, 5.74) is 0.789. The van der Waals surface area contributed by atoms with E-state index < -0.39 is 11.9 Å². The van der Waals surface area contributed by atoms with E-state index in [2.05, 4.69) is 21.2 Å². The molecule has 0 saturated carbocycles. The van der Waals surface area contributed by atoms with Gasteiger partial charge in [0, 0.05) is 17.6 Å². The lowest BCUT2D eigenvalue weighted by atomic mass is 10.2. The maximum atomic E-state index is 11.6. The van der Waals surface area contributed by atoms with E-state index in [1.165, 1.54) is 12.2 Å². The molecule has 0 bridgehead atoms. The van der Waals surface area contributed by atoms with Crippen LogP contribution in [0.1, 0.15) is 11.3 Å². The number of benzene rings is 1. The van der Waals surface area contributed by atoms with E-state index in [4.69, 9.17) is 20.8 Å². The van der Waals surface area contributed by atoms with Crippen LogP contribution in [0.5, 0.6) is 0 Å². The number of hydrogen-bond donors (Lipinski definition) is 1. The smallest absolute Gasteiger partial charge is 0.331 e. The number of hydrogen-bond acceptors (Lipinski definition) is 4. The molecule has 0 fully saturated rings. The Bertz CT molecular complexity index is 726. The third-order valence-electron chi connectivity index (χ3n) is 2.76. The van der Waals surface area contributed by atoms with E-state index in [0.29, 0.717) is 15.5 Å². The van der Waals surface area contributed by atoms with Crippen molar-refractivity contribution in [3.05, 3.63) is 63.5 Å². The quantitative estimate of drug-likeness (QED) is 0.597. The SMILES string of the molecule is O=C(COC(=O)/C=C/c1ccc(Br)o1)NCc1ccccc1Cl. The maximum Gasteiger partial charge on any atom is 0.331 e. The number of amides is 1. The van der Waals surface area contributed by atoms with Gasteiger partial charge in [-0.05, 0) is 45.8 Å². The fourth-order valence-corrected chi connectivity index (χ4v) is 2.16. The van der Waals surface area contributed by atoms with Gasteiger partial charge in [0.05, 0.1) is 0 Å². The summed E-state index contributed by atoms with van der Waals surface area (Å²) in [6.07, 6.45) is 2.64. The van der Waals surface area contributed by atoms with Crippen LogP contribution in [0.3, 0.4) is 0 Å². The van der Waals surface area contributed by atoms with Gasteiger partial charge in [-0.15, -0.1) is 0 Å². The van der Waals surface area contributed by atoms with E-state index >= 15 is 0 Å². The van der Waals surface area contributed by atoms with Crippen LogP contribution in [0.25, 0.3) is 6.08 Å². The minimum absolute atomic E-state index is 0.270. The Morgan fingerprint density at radius 1 is 1.26 bits per heavy atom. The van der Waals surface area contributed by atoms with Gasteiger partial charge in [-0.2, -0.15) is 0 Å². The van der Waals surface area contributed by atoms with E-state index in [-0.39, 0.29) is 13.2 Å². The van der Waals surface area contributed by atoms with E-state index in [0.717, 1.165) is 5.56 Å². The topological polar surface area (TPSA) is 68.5 Å². The Kier molecular flexibility index (Phi) is 6.43. The number of nitrogens with one attached hydrogen (secondary N) is 1. The molecule has 2 rings (SSSR count). The number of esters is 1. The van der Waals surface area contributed by atoms with Crippen molar-refractivity contribution in [2.75, 3.05) is 6.61 Å². The lowest BCUT2D eigenvalue weighted by molar-refractivity contribution is -0.143. The van der Waals surface area contributed by atoms with Gasteiger partial charge in [0.15, 0.2) is 11.3 Å². The number of carbonyl (C=O) groups excluding carboxylic acids is 2. The average molecular weight is 399 g/mol. The van der Waals surface area contributed by atoms with Crippen molar-refractivity contribution >= 4 is 45.5 Å². The van der Waals surface area contributed by atoms with Gasteiger partial charge in [0.25, 0.3) is 5.91 Å². The maximum absolute atomic E-state index is 11.6. The highest BCUT2D eigenvalue weighted by atomic mass is 79.9.